The van der Waals surface area contributed by atoms with Gasteiger partial charge in [0.05, 0.1) is 104 Å². The molecule has 3 aromatic rings. The number of carboxylic acid groups (broad SMARTS) is 2. The van der Waals surface area contributed by atoms with E-state index in [0.29, 0.717) is 11.1 Å². The van der Waals surface area contributed by atoms with Crippen LogP contribution in [-0.4, -0.2) is 295 Å². The third kappa shape index (κ3) is 43.0. The number of unbranched alkanes of at least 4 members (excludes halogenated alkanes) is 3. The smallest absolute Gasteiger partial charge is 0.337 e. The maximum absolute atomic E-state index is 14.3. The summed E-state index contributed by atoms with van der Waals surface area (Å²) in [5.74, 6) is -13.1. The van der Waals surface area contributed by atoms with Crippen molar-refractivity contribution in [1.29, 1.82) is 10.8 Å². The number of aliphatic carboxylic acids is 2. The first-order valence-electron chi connectivity index (χ1n) is 41.0. The molecule has 6 atom stereocenters. The molecule has 684 valence electrons. The van der Waals surface area contributed by atoms with E-state index in [2.05, 4.69) is 97.2 Å². The van der Waals surface area contributed by atoms with Gasteiger partial charge in [0, 0.05) is 64.9 Å². The van der Waals surface area contributed by atoms with Crippen molar-refractivity contribution < 1.29 is 106 Å². The number of carbonyl (C=O) groups is 16. The van der Waals surface area contributed by atoms with Gasteiger partial charge < -0.3 is 115 Å². The van der Waals surface area contributed by atoms with Gasteiger partial charge in [-0.05, 0) is 88.2 Å². The van der Waals surface area contributed by atoms with Crippen LogP contribution in [0.1, 0.15) is 133 Å². The van der Waals surface area contributed by atoms with Gasteiger partial charge >= 0.3 is 24.0 Å². The quantitative estimate of drug-likeness (QED) is 0.0143. The molecule has 0 bridgehead atoms. The minimum atomic E-state index is -1.75. The number of rotatable bonds is 52. The molecule has 2 aliphatic rings. The maximum Gasteiger partial charge on any atom is 0.337 e. The van der Waals surface area contributed by atoms with Gasteiger partial charge in [-0.15, -0.1) is 5.10 Å². The monoisotopic (exact) mass is 1750 g/mol. The minimum absolute atomic E-state index is 0.00121. The third-order valence-corrected chi connectivity index (χ3v) is 18.6. The van der Waals surface area contributed by atoms with Crippen LogP contribution < -0.4 is 91.4 Å². The number of guanidine groups is 2. The first-order chi connectivity index (χ1) is 59.5. The molecule has 47 heteroatoms. The van der Waals surface area contributed by atoms with Gasteiger partial charge in [0.1, 0.15) is 42.8 Å². The molecule has 16 amide bonds. The Labute approximate surface area is 715 Å². The number of hydrazine groups is 2. The van der Waals surface area contributed by atoms with Crippen molar-refractivity contribution in [1.82, 2.24) is 110 Å². The van der Waals surface area contributed by atoms with Crippen LogP contribution in [-0.2, 0) is 112 Å². The minimum Gasteiger partial charge on any atom is -0.481 e. The SMILES string of the molecule is CCCCc1cn(CC(=O)NCCOCCOCCOCCOCCC(=O)N(CCC(=O)NCCCC[C@@H]2NC(=O)N(Cc3ccccc3)NC(=O)[C@H](CC(=O)O)NC(=O)CNC(=O)[C@H](CCCNC(=N)N)NC2=O)CCC(=O)NCCCC[C@@H]2NC(=O)N(Cc3ccccc3)NC(=O)[C@H](CC(=O)O)NC(=O)CNC(=O)[C@H](CCCNC(=N)N)NC2=O)nn1. The van der Waals surface area contributed by atoms with E-state index in [1.165, 1.54) is 9.58 Å². The molecule has 2 aliphatic heterocycles. The molecule has 0 unspecified atom stereocenters. The number of nitrogens with one attached hydrogen (secondary N) is 17. The van der Waals surface area contributed by atoms with Gasteiger partial charge in [-0.3, -0.25) is 88.8 Å². The van der Waals surface area contributed by atoms with E-state index < -0.39 is 151 Å². The molecule has 0 radical (unpaired) electrons. The van der Waals surface area contributed by atoms with Gasteiger partial charge in [-0.1, -0.05) is 79.2 Å². The van der Waals surface area contributed by atoms with Crippen LogP contribution in [0.4, 0.5) is 9.59 Å². The zero-order valence-electron chi connectivity index (χ0n) is 69.6. The Morgan fingerprint density at radius 2 is 0.871 bits per heavy atom. The van der Waals surface area contributed by atoms with Crippen molar-refractivity contribution >= 4 is 107 Å². The zero-order valence-corrected chi connectivity index (χ0v) is 69.6. The number of benzene rings is 2. The number of amides is 16. The summed E-state index contributed by atoms with van der Waals surface area (Å²) in [4.78, 5) is 217. The second kappa shape index (κ2) is 58.2. The van der Waals surface area contributed by atoms with Gasteiger partial charge in [0.25, 0.3) is 11.8 Å². The fraction of sp³-hybridized carbons (Fsp3) is 0.584. The molecule has 0 aliphatic carbocycles. The molecule has 2 fully saturated rings. The van der Waals surface area contributed by atoms with Gasteiger partial charge in [-0.25, -0.2) is 24.3 Å². The molecule has 1 aromatic heterocycles. The van der Waals surface area contributed by atoms with Crippen LogP contribution in [0.15, 0.2) is 66.9 Å². The number of carbonyl (C=O) groups excluding carboxylic acids is 14. The van der Waals surface area contributed by atoms with E-state index in [1.807, 2.05) is 0 Å². The molecule has 2 aromatic carbocycles. The summed E-state index contributed by atoms with van der Waals surface area (Å²) in [6, 6.07) is 5.35. The van der Waals surface area contributed by atoms with Crippen LogP contribution >= 0.6 is 0 Å². The number of nitrogens with two attached hydrogens (primary N) is 2. The summed E-state index contributed by atoms with van der Waals surface area (Å²) >= 11 is 0. The molecule has 124 heavy (non-hydrogen) atoms. The maximum atomic E-state index is 14.3. The molecule has 0 saturated carbocycles. The standard InChI is InChI=1S/C77H119N25O22/c1-2-3-20-53-49-100(98-95-53)50-64(107)84-32-36-122-38-40-124-42-41-123-39-37-121-35-27-65(108)99(33-25-60(103)82-28-12-10-21-56-70(115)91-54(23-14-30-85-74(78)79)68(113)87-45-62(105)89-58(43-66(109)110)72(117)96-101(76(119)93-56)47-51-16-6-4-7-17-51)34-26-61(104)83-29-13-11-22-57-71(116)92-55(24-15-31-86-75(80)81)69(114)88-46-63(106)90-59(44-67(111)112)73(118)97-102(77(120)94-57)48-52-18-8-5-9-19-52/h4-9,16-19,49,54-59H,2-3,10-15,20-48,50H2,1H3,(H,82,103)(H,83,104)(H,84,107)(H,87,113)(H,88,114)(H,89,105)(H,90,106)(H,91,115)(H,92,116)(H,93,119)(H,94,120)(H,96,117)(H,97,118)(H,109,110)(H,111,112)(H4,78,79,85)(H4,80,81,86)/t54-,55-,56-,57-,58-,59-/m0/s1. The van der Waals surface area contributed by atoms with Gasteiger partial charge in [0.15, 0.2) is 11.9 Å². The fourth-order valence-corrected chi connectivity index (χ4v) is 12.1. The summed E-state index contributed by atoms with van der Waals surface area (Å²) in [5, 5.41) is 77.3. The topological polar surface area (TPSA) is 671 Å². The number of hydrogen-bond donors (Lipinski definition) is 21. The Morgan fingerprint density at radius 3 is 1.30 bits per heavy atom. The molecule has 0 spiro atoms. The Kier molecular flexibility index (Phi) is 47.7. The third-order valence-electron chi connectivity index (χ3n) is 18.6. The summed E-state index contributed by atoms with van der Waals surface area (Å²) in [5.41, 5.74) is 17.4. The van der Waals surface area contributed by atoms with E-state index in [9.17, 15) is 86.9 Å². The lowest BCUT2D eigenvalue weighted by Gasteiger charge is -2.28. The largest absolute Gasteiger partial charge is 0.481 e. The Morgan fingerprint density at radius 1 is 0.468 bits per heavy atom. The van der Waals surface area contributed by atoms with E-state index in [-0.39, 0.29) is 220 Å². The Balaban J connectivity index is 1.23. The predicted molar refractivity (Wildman–Crippen MR) is 441 cm³/mol. The van der Waals surface area contributed by atoms with Crippen molar-refractivity contribution in [3.63, 3.8) is 0 Å². The highest BCUT2D eigenvalue weighted by Gasteiger charge is 2.35. The van der Waals surface area contributed by atoms with Crippen molar-refractivity contribution in [2.45, 2.75) is 178 Å². The number of nitrogens with zero attached hydrogens (tertiary/aromatic N) is 6. The second-order valence-electron chi connectivity index (χ2n) is 28.7. The van der Waals surface area contributed by atoms with E-state index >= 15 is 0 Å². The highest BCUT2D eigenvalue weighted by molar-refractivity contribution is 5.98. The first-order valence-corrected chi connectivity index (χ1v) is 41.0. The van der Waals surface area contributed by atoms with Crippen LogP contribution in [0.3, 0.4) is 0 Å². The average Bonchev–Trinajstić information content (AvgIpc) is 1.16. The lowest BCUT2D eigenvalue weighted by atomic mass is 10.1. The number of carboxylic acids is 2. The molecule has 3 heterocycles. The highest BCUT2D eigenvalue weighted by atomic mass is 16.6. The number of ether oxygens (including phenoxy) is 4. The van der Waals surface area contributed by atoms with Crippen molar-refractivity contribution in [2.75, 3.05) is 112 Å². The highest BCUT2D eigenvalue weighted by Crippen LogP contribution is 2.14. The second-order valence-corrected chi connectivity index (χ2v) is 28.7. The average molecular weight is 1750 g/mol. The lowest BCUT2D eigenvalue weighted by Crippen LogP contribution is -2.59. The molecule has 5 rings (SSSR count). The fourth-order valence-electron chi connectivity index (χ4n) is 12.1. The van der Waals surface area contributed by atoms with Crippen LogP contribution in [0.2, 0.25) is 0 Å². The number of aryl methyl sites for hydroxylation is 1. The summed E-state index contributed by atoms with van der Waals surface area (Å²) in [6.07, 6.45) is 2.48. The molecular formula is C77H119N25O22. The zero-order chi connectivity index (χ0) is 90.4. The summed E-state index contributed by atoms with van der Waals surface area (Å²) in [7, 11) is 0. The molecular weight excluding hydrogens is 1630 g/mol. The Hall–Kier alpha value is -12.9. The van der Waals surface area contributed by atoms with Crippen LogP contribution in [0.25, 0.3) is 0 Å². The lowest BCUT2D eigenvalue weighted by molar-refractivity contribution is -0.142. The van der Waals surface area contributed by atoms with Gasteiger partial charge in [0.2, 0.25) is 59.1 Å². The molecule has 23 N–H and O–H groups in total. The number of hydrogen-bond acceptors (Lipinski definition) is 24. The summed E-state index contributed by atoms with van der Waals surface area (Å²) in [6.45, 7) is 1.45. The normalized spacial score (nSPS) is 17.7. The van der Waals surface area contributed by atoms with Crippen LogP contribution in [0, 0.1) is 10.8 Å². The Bertz CT molecular complexity index is 3780. The van der Waals surface area contributed by atoms with E-state index in [4.69, 9.17) is 41.2 Å². The van der Waals surface area contributed by atoms with Crippen molar-refractivity contribution in [3.05, 3.63) is 83.7 Å². The number of aromatic nitrogens is 3. The van der Waals surface area contributed by atoms with Crippen LogP contribution in [0.5, 0.6) is 0 Å². The van der Waals surface area contributed by atoms with Crippen molar-refractivity contribution in [2.24, 2.45) is 11.5 Å². The predicted octanol–water partition coefficient (Wildman–Crippen LogP) is -4.73. The van der Waals surface area contributed by atoms with Crippen molar-refractivity contribution in [3.8, 4) is 0 Å². The molecule has 47 nitrogen and oxygen atoms in total. The first kappa shape index (κ1) is 102. The number of urea groups is 2. The summed E-state index contributed by atoms with van der Waals surface area (Å²) < 4.78 is 23.9. The van der Waals surface area contributed by atoms with Gasteiger partial charge in [-0.2, -0.15) is 0 Å². The van der Waals surface area contributed by atoms with E-state index in [0.717, 1.165) is 35.0 Å². The molecule has 2 saturated heterocycles. The van der Waals surface area contributed by atoms with E-state index in [1.54, 1.807) is 66.9 Å².